The summed E-state index contributed by atoms with van der Waals surface area (Å²) in [7, 11) is 0. The minimum absolute atomic E-state index is 0.356. The number of pyridine rings is 1. The van der Waals surface area contributed by atoms with Crippen LogP contribution in [-0.2, 0) is 6.42 Å². The van der Waals surface area contributed by atoms with Crippen LogP contribution in [0.15, 0.2) is 47.3 Å². The quantitative estimate of drug-likeness (QED) is 0.852. The van der Waals surface area contributed by atoms with Crippen LogP contribution in [-0.4, -0.2) is 9.94 Å². The number of nitrogens with zero attached hydrogens (tertiary/aromatic N) is 1. The highest BCUT2D eigenvalue weighted by molar-refractivity contribution is 5.69. The smallest absolute Gasteiger partial charge is 0.283 e. The zero-order chi connectivity index (χ0) is 16.1. The van der Waals surface area contributed by atoms with Gasteiger partial charge in [0, 0.05) is 6.07 Å². The van der Waals surface area contributed by atoms with Gasteiger partial charge in [-0.2, -0.15) is 4.73 Å². The summed E-state index contributed by atoms with van der Waals surface area (Å²) in [6, 6.07) is 13.4. The molecule has 0 atom stereocenters. The van der Waals surface area contributed by atoms with E-state index in [2.05, 4.69) is 0 Å². The van der Waals surface area contributed by atoms with E-state index in [0.717, 1.165) is 28.0 Å². The van der Waals surface area contributed by atoms with Crippen LogP contribution in [0, 0.1) is 5.92 Å². The van der Waals surface area contributed by atoms with Gasteiger partial charge in [0.15, 0.2) is 0 Å². The zero-order valence-electron chi connectivity index (χ0n) is 13.3. The monoisotopic (exact) mass is 309 g/mol. The first-order valence-corrected chi connectivity index (χ1v) is 8.41. The summed E-state index contributed by atoms with van der Waals surface area (Å²) in [5.74, 6) is 0.579. The number of hydrogen-bond acceptors (Lipinski definition) is 2. The molecule has 120 valence electrons. The third-order valence-corrected chi connectivity index (χ3v) is 4.59. The molecule has 0 bridgehead atoms. The van der Waals surface area contributed by atoms with E-state index in [9.17, 15) is 10.0 Å². The Bertz CT molecular complexity index is 725. The maximum atomic E-state index is 12.0. The van der Waals surface area contributed by atoms with Crippen LogP contribution in [0.4, 0.5) is 0 Å². The molecule has 1 aromatic carbocycles. The Kier molecular flexibility index (Phi) is 4.96. The van der Waals surface area contributed by atoms with Gasteiger partial charge >= 0.3 is 0 Å². The van der Waals surface area contributed by atoms with Crippen molar-refractivity contribution in [3.63, 3.8) is 0 Å². The van der Waals surface area contributed by atoms with E-state index in [-0.39, 0.29) is 5.56 Å². The van der Waals surface area contributed by atoms with Crippen LogP contribution in [0.5, 0.6) is 0 Å². The van der Waals surface area contributed by atoms with E-state index in [0.29, 0.717) is 5.92 Å². The molecule has 1 aliphatic carbocycles. The summed E-state index contributed by atoms with van der Waals surface area (Å²) < 4.78 is 0.814. The topological polar surface area (TPSA) is 42.2 Å². The van der Waals surface area contributed by atoms with Crippen molar-refractivity contribution in [1.29, 1.82) is 0 Å². The zero-order valence-corrected chi connectivity index (χ0v) is 13.3. The SMILES string of the molecule is O=c1cc(/C=C/c2ccccc2)cc(CC2CCCCC2)n1O. The van der Waals surface area contributed by atoms with Crippen molar-refractivity contribution in [2.24, 2.45) is 5.92 Å². The summed E-state index contributed by atoms with van der Waals surface area (Å²) >= 11 is 0. The van der Waals surface area contributed by atoms with Gasteiger partial charge in [-0.25, -0.2) is 0 Å². The van der Waals surface area contributed by atoms with Crippen LogP contribution in [0.3, 0.4) is 0 Å². The van der Waals surface area contributed by atoms with E-state index in [1.807, 2.05) is 48.6 Å². The molecule has 3 heteroatoms. The lowest BCUT2D eigenvalue weighted by Gasteiger charge is -2.22. The van der Waals surface area contributed by atoms with E-state index in [4.69, 9.17) is 0 Å². The lowest BCUT2D eigenvalue weighted by atomic mass is 9.86. The standard InChI is InChI=1S/C20H23NO2/c22-20-15-18(12-11-16-7-3-1-4-8-16)14-19(21(20)23)13-17-9-5-2-6-10-17/h1,3-4,7-8,11-12,14-15,17,23H,2,5-6,9-10,13H2/b12-11+. The van der Waals surface area contributed by atoms with Crippen molar-refractivity contribution < 1.29 is 5.21 Å². The second-order valence-corrected chi connectivity index (χ2v) is 6.38. The maximum absolute atomic E-state index is 12.0. The van der Waals surface area contributed by atoms with Crippen molar-refractivity contribution in [2.45, 2.75) is 38.5 Å². The highest BCUT2D eigenvalue weighted by Crippen LogP contribution is 2.26. The Hall–Kier alpha value is -2.29. The molecule has 2 aromatic rings. The van der Waals surface area contributed by atoms with Crippen LogP contribution < -0.4 is 5.56 Å². The molecule has 1 saturated carbocycles. The molecule has 1 heterocycles. The van der Waals surface area contributed by atoms with Crippen LogP contribution >= 0.6 is 0 Å². The van der Waals surface area contributed by atoms with E-state index >= 15 is 0 Å². The largest absolute Gasteiger partial charge is 0.425 e. The van der Waals surface area contributed by atoms with Gasteiger partial charge in [0.1, 0.15) is 0 Å². The summed E-state index contributed by atoms with van der Waals surface area (Å²) in [6.45, 7) is 0. The molecular formula is C20H23NO2. The van der Waals surface area contributed by atoms with Crippen LogP contribution in [0.2, 0.25) is 0 Å². The number of rotatable bonds is 4. The Morgan fingerprint density at radius 3 is 2.43 bits per heavy atom. The van der Waals surface area contributed by atoms with Gasteiger partial charge in [0.25, 0.3) is 5.56 Å². The molecule has 23 heavy (non-hydrogen) atoms. The van der Waals surface area contributed by atoms with Crippen molar-refractivity contribution in [3.8, 4) is 0 Å². The Morgan fingerprint density at radius 2 is 1.70 bits per heavy atom. The van der Waals surface area contributed by atoms with Crippen LogP contribution in [0.25, 0.3) is 12.2 Å². The molecule has 3 nitrogen and oxygen atoms in total. The van der Waals surface area contributed by atoms with Crippen molar-refractivity contribution >= 4 is 12.2 Å². The molecule has 1 aliphatic rings. The van der Waals surface area contributed by atoms with E-state index in [1.165, 1.54) is 38.2 Å². The fourth-order valence-corrected chi connectivity index (χ4v) is 3.33. The van der Waals surface area contributed by atoms with Gasteiger partial charge in [-0.05, 0) is 29.5 Å². The fourth-order valence-electron chi connectivity index (χ4n) is 3.33. The van der Waals surface area contributed by atoms with E-state index < -0.39 is 0 Å². The lowest BCUT2D eigenvalue weighted by molar-refractivity contribution is 0.160. The van der Waals surface area contributed by atoms with Gasteiger partial charge in [-0.3, -0.25) is 4.79 Å². The second-order valence-electron chi connectivity index (χ2n) is 6.38. The normalized spacial score (nSPS) is 16.0. The summed E-state index contributed by atoms with van der Waals surface area (Å²) in [4.78, 5) is 12.0. The molecule has 0 amide bonds. The third kappa shape index (κ3) is 4.13. The van der Waals surface area contributed by atoms with Gasteiger partial charge < -0.3 is 5.21 Å². The lowest BCUT2D eigenvalue weighted by Crippen LogP contribution is -2.23. The number of aromatic nitrogens is 1. The molecule has 1 aromatic heterocycles. The Morgan fingerprint density at radius 1 is 1.00 bits per heavy atom. The third-order valence-electron chi connectivity index (χ3n) is 4.59. The van der Waals surface area contributed by atoms with Gasteiger partial charge in [-0.15, -0.1) is 0 Å². The van der Waals surface area contributed by atoms with E-state index in [1.54, 1.807) is 0 Å². The average Bonchev–Trinajstić information content (AvgIpc) is 2.59. The first-order valence-electron chi connectivity index (χ1n) is 8.41. The van der Waals surface area contributed by atoms with Gasteiger partial charge in [-0.1, -0.05) is 74.6 Å². The number of hydrogen-bond donors (Lipinski definition) is 1. The predicted molar refractivity (Wildman–Crippen MR) is 93.5 cm³/mol. The minimum atomic E-state index is -0.356. The van der Waals surface area contributed by atoms with Gasteiger partial charge in [0.05, 0.1) is 5.69 Å². The van der Waals surface area contributed by atoms with Crippen molar-refractivity contribution in [2.75, 3.05) is 0 Å². The molecule has 0 saturated heterocycles. The van der Waals surface area contributed by atoms with Crippen LogP contribution in [0.1, 0.15) is 48.9 Å². The molecular weight excluding hydrogens is 286 g/mol. The summed E-state index contributed by atoms with van der Waals surface area (Å²) in [5, 5.41) is 10.0. The molecule has 0 radical (unpaired) electrons. The predicted octanol–water partition coefficient (Wildman–Crippen LogP) is 4.38. The average molecular weight is 309 g/mol. The molecule has 1 N–H and O–H groups in total. The Labute approximate surface area is 136 Å². The molecule has 3 rings (SSSR count). The second kappa shape index (κ2) is 7.32. The molecule has 0 spiro atoms. The minimum Gasteiger partial charge on any atom is -0.425 e. The molecule has 0 unspecified atom stereocenters. The summed E-state index contributed by atoms with van der Waals surface area (Å²) in [6.07, 6.45) is 10.9. The molecule has 0 aliphatic heterocycles. The maximum Gasteiger partial charge on any atom is 0.283 e. The summed E-state index contributed by atoms with van der Waals surface area (Å²) in [5.41, 5.74) is 2.30. The first kappa shape index (κ1) is 15.6. The highest BCUT2D eigenvalue weighted by Gasteiger charge is 2.16. The molecule has 1 fully saturated rings. The fraction of sp³-hybridized carbons (Fsp3) is 0.350. The Balaban J connectivity index is 1.81. The highest BCUT2D eigenvalue weighted by atomic mass is 16.5. The van der Waals surface area contributed by atoms with Crippen molar-refractivity contribution in [1.82, 2.24) is 4.73 Å². The van der Waals surface area contributed by atoms with Gasteiger partial charge in [0.2, 0.25) is 0 Å². The van der Waals surface area contributed by atoms with Crippen molar-refractivity contribution in [3.05, 3.63) is 69.6 Å². The number of benzene rings is 1. The first-order chi connectivity index (χ1) is 11.2.